The van der Waals surface area contributed by atoms with Crippen LogP contribution in [0.4, 0.5) is 0 Å². The van der Waals surface area contributed by atoms with Crippen LogP contribution in [-0.2, 0) is 20.9 Å². The standard InChI is InChI=1S/C24H29N3O4S/c1-4-13-27(15-20-25-26-23(31-20)19-12-9-14-32-19)21(28)16-30-24(29)22(17(3)5-2)18-10-7-6-8-11-18/h6-12,14,17,22H,4-5,13,15-16H2,1-3H3. The molecule has 7 nitrogen and oxygen atoms in total. The molecule has 0 aliphatic heterocycles. The van der Waals surface area contributed by atoms with Crippen molar-refractivity contribution >= 4 is 23.2 Å². The van der Waals surface area contributed by atoms with E-state index in [1.165, 1.54) is 11.3 Å². The van der Waals surface area contributed by atoms with Crippen LogP contribution in [0.3, 0.4) is 0 Å². The minimum absolute atomic E-state index is 0.0980. The number of hydrogen-bond donors (Lipinski definition) is 0. The number of ether oxygens (including phenoxy) is 1. The minimum Gasteiger partial charge on any atom is -0.455 e. The predicted octanol–water partition coefficient (Wildman–Crippen LogP) is 4.91. The molecule has 3 rings (SSSR count). The van der Waals surface area contributed by atoms with Crippen molar-refractivity contribution in [1.82, 2.24) is 15.1 Å². The van der Waals surface area contributed by atoms with Crippen LogP contribution in [0.15, 0.2) is 52.3 Å². The van der Waals surface area contributed by atoms with Crippen LogP contribution in [0.5, 0.6) is 0 Å². The summed E-state index contributed by atoms with van der Waals surface area (Å²) in [4.78, 5) is 28.2. The summed E-state index contributed by atoms with van der Waals surface area (Å²) < 4.78 is 11.2. The number of aromatic nitrogens is 2. The molecule has 32 heavy (non-hydrogen) atoms. The second-order valence-electron chi connectivity index (χ2n) is 7.68. The summed E-state index contributed by atoms with van der Waals surface area (Å²) >= 11 is 1.51. The SMILES string of the molecule is CCCN(Cc1nnc(-c2cccs2)o1)C(=O)COC(=O)C(c1ccccc1)C(C)CC. The van der Waals surface area contributed by atoms with Gasteiger partial charge in [0, 0.05) is 6.54 Å². The Hall–Kier alpha value is -3.00. The van der Waals surface area contributed by atoms with Crippen molar-refractivity contribution in [3.63, 3.8) is 0 Å². The Labute approximate surface area is 192 Å². The number of benzene rings is 1. The van der Waals surface area contributed by atoms with Crippen LogP contribution in [0.1, 0.15) is 51.0 Å². The van der Waals surface area contributed by atoms with Crippen LogP contribution in [0.2, 0.25) is 0 Å². The molecule has 0 fully saturated rings. The Morgan fingerprint density at radius 1 is 1.12 bits per heavy atom. The lowest BCUT2D eigenvalue weighted by molar-refractivity contribution is -0.154. The lowest BCUT2D eigenvalue weighted by Crippen LogP contribution is -2.36. The fourth-order valence-electron chi connectivity index (χ4n) is 3.45. The van der Waals surface area contributed by atoms with Crippen molar-refractivity contribution in [2.75, 3.05) is 13.2 Å². The third kappa shape index (κ3) is 6.03. The summed E-state index contributed by atoms with van der Waals surface area (Å²) in [6.45, 7) is 6.40. The van der Waals surface area contributed by atoms with Gasteiger partial charge in [0.15, 0.2) is 6.61 Å². The van der Waals surface area contributed by atoms with E-state index in [1.807, 2.05) is 68.6 Å². The molecule has 0 aliphatic rings. The summed E-state index contributed by atoms with van der Waals surface area (Å²) in [5.74, 6) is -0.188. The molecule has 2 aromatic heterocycles. The van der Waals surface area contributed by atoms with Gasteiger partial charge >= 0.3 is 5.97 Å². The Bertz CT molecular complexity index is 988. The average molecular weight is 456 g/mol. The highest BCUT2D eigenvalue weighted by Gasteiger charge is 2.28. The van der Waals surface area contributed by atoms with E-state index in [0.717, 1.165) is 23.3 Å². The molecule has 0 saturated heterocycles. The van der Waals surface area contributed by atoms with Crippen molar-refractivity contribution in [3.05, 3.63) is 59.3 Å². The van der Waals surface area contributed by atoms with Crippen LogP contribution < -0.4 is 0 Å². The summed E-state index contributed by atoms with van der Waals surface area (Å²) in [5, 5.41) is 10.1. The van der Waals surface area contributed by atoms with Crippen LogP contribution in [0, 0.1) is 5.92 Å². The molecule has 1 amide bonds. The Morgan fingerprint density at radius 2 is 1.91 bits per heavy atom. The van der Waals surface area contributed by atoms with E-state index in [-0.39, 0.29) is 30.9 Å². The fourth-order valence-corrected chi connectivity index (χ4v) is 4.09. The molecular formula is C24H29N3O4S. The van der Waals surface area contributed by atoms with E-state index < -0.39 is 5.92 Å². The first-order valence-electron chi connectivity index (χ1n) is 10.9. The summed E-state index contributed by atoms with van der Waals surface area (Å²) in [6, 6.07) is 13.4. The second-order valence-corrected chi connectivity index (χ2v) is 8.62. The van der Waals surface area contributed by atoms with E-state index in [4.69, 9.17) is 9.15 Å². The Balaban J connectivity index is 1.63. The van der Waals surface area contributed by atoms with Crippen LogP contribution in [-0.4, -0.2) is 40.1 Å². The number of nitrogens with zero attached hydrogens (tertiary/aromatic N) is 3. The highest BCUT2D eigenvalue weighted by Crippen LogP contribution is 2.28. The third-order valence-corrected chi connectivity index (χ3v) is 6.19. The largest absolute Gasteiger partial charge is 0.455 e. The monoisotopic (exact) mass is 455 g/mol. The predicted molar refractivity (Wildman–Crippen MR) is 123 cm³/mol. The number of hydrogen-bond acceptors (Lipinski definition) is 7. The Kier molecular flexibility index (Phi) is 8.56. The zero-order valence-corrected chi connectivity index (χ0v) is 19.5. The number of esters is 1. The van der Waals surface area contributed by atoms with E-state index in [9.17, 15) is 9.59 Å². The van der Waals surface area contributed by atoms with E-state index in [2.05, 4.69) is 10.2 Å². The molecule has 170 valence electrons. The van der Waals surface area contributed by atoms with Crippen molar-refractivity contribution in [3.8, 4) is 10.8 Å². The maximum absolute atomic E-state index is 12.9. The zero-order valence-electron chi connectivity index (χ0n) is 18.7. The number of carbonyl (C=O) groups is 2. The van der Waals surface area contributed by atoms with Crippen molar-refractivity contribution in [1.29, 1.82) is 0 Å². The number of thiophene rings is 1. The molecule has 0 spiro atoms. The quantitative estimate of drug-likeness (QED) is 0.382. The van der Waals surface area contributed by atoms with Gasteiger partial charge in [-0.3, -0.25) is 9.59 Å². The molecular weight excluding hydrogens is 426 g/mol. The molecule has 2 heterocycles. The number of carbonyl (C=O) groups excluding carboxylic acids is 2. The summed E-state index contributed by atoms with van der Waals surface area (Å²) in [7, 11) is 0. The molecule has 2 atom stereocenters. The number of rotatable bonds is 11. The highest BCUT2D eigenvalue weighted by molar-refractivity contribution is 7.13. The summed E-state index contributed by atoms with van der Waals surface area (Å²) in [5.41, 5.74) is 0.900. The van der Waals surface area contributed by atoms with Gasteiger partial charge in [-0.2, -0.15) is 0 Å². The Morgan fingerprint density at radius 3 is 2.56 bits per heavy atom. The van der Waals surface area contributed by atoms with Crippen LogP contribution in [0.25, 0.3) is 10.8 Å². The lowest BCUT2D eigenvalue weighted by atomic mass is 9.86. The van der Waals surface area contributed by atoms with Gasteiger partial charge in [0.1, 0.15) is 0 Å². The smallest absolute Gasteiger partial charge is 0.314 e. The van der Waals surface area contributed by atoms with Gasteiger partial charge in [0.25, 0.3) is 11.8 Å². The molecule has 0 radical (unpaired) electrons. The average Bonchev–Trinajstić information content (AvgIpc) is 3.50. The lowest BCUT2D eigenvalue weighted by Gasteiger charge is -2.23. The first-order valence-corrected chi connectivity index (χ1v) is 11.8. The second kappa shape index (κ2) is 11.6. The fraction of sp³-hybridized carbons (Fsp3) is 0.417. The molecule has 0 saturated carbocycles. The topological polar surface area (TPSA) is 85.5 Å². The van der Waals surface area contributed by atoms with Crippen molar-refractivity contribution in [2.24, 2.45) is 5.92 Å². The molecule has 0 aliphatic carbocycles. The van der Waals surface area contributed by atoms with Gasteiger partial charge in [-0.05, 0) is 29.3 Å². The van der Waals surface area contributed by atoms with E-state index in [1.54, 1.807) is 4.90 Å². The van der Waals surface area contributed by atoms with Gasteiger partial charge in [-0.1, -0.05) is 63.6 Å². The van der Waals surface area contributed by atoms with Gasteiger partial charge in [-0.15, -0.1) is 21.5 Å². The van der Waals surface area contributed by atoms with Gasteiger partial charge < -0.3 is 14.1 Å². The highest BCUT2D eigenvalue weighted by atomic mass is 32.1. The first kappa shape index (κ1) is 23.7. The zero-order chi connectivity index (χ0) is 22.9. The molecule has 3 aromatic rings. The maximum Gasteiger partial charge on any atom is 0.314 e. The third-order valence-electron chi connectivity index (χ3n) is 5.33. The number of amides is 1. The summed E-state index contributed by atoms with van der Waals surface area (Å²) in [6.07, 6.45) is 1.58. The first-order chi connectivity index (χ1) is 15.5. The van der Waals surface area contributed by atoms with E-state index >= 15 is 0 Å². The van der Waals surface area contributed by atoms with Gasteiger partial charge in [0.05, 0.1) is 17.3 Å². The van der Waals surface area contributed by atoms with Gasteiger partial charge in [-0.25, -0.2) is 0 Å². The molecule has 8 heteroatoms. The molecule has 1 aromatic carbocycles. The minimum atomic E-state index is -0.405. The molecule has 2 unspecified atom stereocenters. The van der Waals surface area contributed by atoms with Crippen LogP contribution >= 0.6 is 11.3 Å². The normalized spacial score (nSPS) is 12.8. The molecule has 0 bridgehead atoms. The van der Waals surface area contributed by atoms with Crippen molar-refractivity contribution < 1.29 is 18.7 Å². The van der Waals surface area contributed by atoms with Crippen molar-refractivity contribution in [2.45, 2.75) is 46.1 Å². The van der Waals surface area contributed by atoms with Gasteiger partial charge in [0.2, 0.25) is 5.89 Å². The van der Waals surface area contributed by atoms with E-state index in [0.29, 0.717) is 18.3 Å². The maximum atomic E-state index is 12.9. The molecule has 0 N–H and O–H groups in total.